The second-order valence-electron chi connectivity index (χ2n) is 4.60. The van der Waals surface area contributed by atoms with Crippen LogP contribution in [0.2, 0.25) is 0 Å². The van der Waals surface area contributed by atoms with Crippen LogP contribution in [0.5, 0.6) is 0 Å². The first-order valence-corrected chi connectivity index (χ1v) is 6.76. The molecule has 1 amide bonds. The predicted molar refractivity (Wildman–Crippen MR) is 79.8 cm³/mol. The Morgan fingerprint density at radius 1 is 1.38 bits per heavy atom. The van der Waals surface area contributed by atoms with Crippen LogP contribution in [-0.2, 0) is 4.74 Å². The highest BCUT2D eigenvalue weighted by atomic mass is 16.5. The number of ether oxygens (including phenoxy) is 1. The van der Waals surface area contributed by atoms with Crippen molar-refractivity contribution >= 4 is 16.8 Å². The van der Waals surface area contributed by atoms with Gasteiger partial charge in [0, 0.05) is 37.3 Å². The minimum Gasteiger partial charge on any atom is -0.383 e. The number of pyridine rings is 1. The van der Waals surface area contributed by atoms with Gasteiger partial charge >= 0.3 is 0 Å². The van der Waals surface area contributed by atoms with E-state index in [1.165, 1.54) is 0 Å². The number of aromatic nitrogens is 1. The number of benzene rings is 1. The third-order valence-electron chi connectivity index (χ3n) is 3.20. The summed E-state index contributed by atoms with van der Waals surface area (Å²) in [5.74, 6) is -0.0898. The zero-order chi connectivity index (χ0) is 15.1. The third kappa shape index (κ3) is 3.77. The number of hydrogen-bond donors (Lipinski definition) is 0. The number of rotatable bonds is 6. The number of fused-ring (bicyclic) bond motifs is 1. The lowest BCUT2D eigenvalue weighted by molar-refractivity contribution is 0.0700. The van der Waals surface area contributed by atoms with E-state index in [1.807, 2.05) is 24.3 Å². The lowest BCUT2D eigenvalue weighted by Crippen LogP contribution is -2.34. The zero-order valence-electron chi connectivity index (χ0n) is 12.0. The molecule has 0 unspecified atom stereocenters. The van der Waals surface area contributed by atoms with Crippen molar-refractivity contribution < 1.29 is 9.53 Å². The first kappa shape index (κ1) is 14.9. The van der Waals surface area contributed by atoms with Crippen LogP contribution in [0, 0.1) is 11.3 Å². The van der Waals surface area contributed by atoms with Gasteiger partial charge < -0.3 is 9.64 Å². The molecule has 0 bridgehead atoms. The highest BCUT2D eigenvalue weighted by Gasteiger charge is 2.15. The van der Waals surface area contributed by atoms with Gasteiger partial charge in [-0.2, -0.15) is 5.26 Å². The summed E-state index contributed by atoms with van der Waals surface area (Å²) in [6.45, 7) is 1.33. The maximum Gasteiger partial charge on any atom is 0.253 e. The smallest absolute Gasteiger partial charge is 0.253 e. The van der Waals surface area contributed by atoms with Crippen LogP contribution in [-0.4, -0.2) is 42.6 Å². The Morgan fingerprint density at radius 2 is 2.24 bits per heavy atom. The molecule has 0 saturated heterocycles. The number of carbonyl (C=O) groups excluding carboxylic acids is 1. The Labute approximate surface area is 123 Å². The molecule has 108 valence electrons. The van der Waals surface area contributed by atoms with Crippen molar-refractivity contribution in [1.29, 1.82) is 5.26 Å². The van der Waals surface area contributed by atoms with Gasteiger partial charge in [0.05, 0.1) is 24.6 Å². The number of amides is 1. The molecule has 0 aliphatic heterocycles. The van der Waals surface area contributed by atoms with Crippen molar-refractivity contribution in [3.8, 4) is 6.07 Å². The van der Waals surface area contributed by atoms with Crippen LogP contribution in [0.4, 0.5) is 0 Å². The summed E-state index contributed by atoms with van der Waals surface area (Å²) in [5.41, 5.74) is 1.46. The predicted octanol–water partition coefficient (Wildman–Crippen LogP) is 2.24. The summed E-state index contributed by atoms with van der Waals surface area (Å²) >= 11 is 0. The molecule has 0 aliphatic carbocycles. The molecule has 0 N–H and O–H groups in total. The van der Waals surface area contributed by atoms with Crippen LogP contribution in [0.1, 0.15) is 16.8 Å². The second kappa shape index (κ2) is 7.36. The second-order valence-corrected chi connectivity index (χ2v) is 4.60. The lowest BCUT2D eigenvalue weighted by Gasteiger charge is -2.21. The Kier molecular flexibility index (Phi) is 5.24. The fourth-order valence-electron chi connectivity index (χ4n) is 2.09. The maximum atomic E-state index is 12.5. The van der Waals surface area contributed by atoms with Gasteiger partial charge in [-0.15, -0.1) is 0 Å². The fraction of sp³-hybridized carbons (Fsp3) is 0.312. The van der Waals surface area contributed by atoms with E-state index in [0.717, 1.165) is 10.9 Å². The number of hydrogen-bond acceptors (Lipinski definition) is 4. The Hall–Kier alpha value is -2.45. The van der Waals surface area contributed by atoms with E-state index in [4.69, 9.17) is 10.00 Å². The largest absolute Gasteiger partial charge is 0.383 e. The average molecular weight is 283 g/mol. The van der Waals surface area contributed by atoms with Crippen LogP contribution in [0.15, 0.2) is 36.5 Å². The molecule has 0 aliphatic rings. The Morgan fingerprint density at radius 3 is 3.00 bits per heavy atom. The minimum absolute atomic E-state index is 0.0898. The quantitative estimate of drug-likeness (QED) is 0.815. The molecule has 1 aromatic carbocycles. The van der Waals surface area contributed by atoms with Crippen molar-refractivity contribution in [2.45, 2.75) is 6.42 Å². The molecule has 2 aromatic rings. The van der Waals surface area contributed by atoms with Gasteiger partial charge in [0.15, 0.2) is 0 Å². The Bertz CT molecular complexity index is 664. The topological polar surface area (TPSA) is 66.2 Å². The standard InChI is InChI=1S/C16H17N3O2/c1-21-11-10-19(9-3-7-17)16(20)14-5-6-15-13(12-14)4-2-8-18-15/h2,4-6,8,12H,3,9-11H2,1H3. The molecule has 21 heavy (non-hydrogen) atoms. The monoisotopic (exact) mass is 283 g/mol. The van der Waals surface area contributed by atoms with E-state index in [9.17, 15) is 4.79 Å². The SMILES string of the molecule is COCCN(CCC#N)C(=O)c1ccc2ncccc2c1. The molecule has 0 fully saturated rings. The zero-order valence-corrected chi connectivity index (χ0v) is 12.0. The maximum absolute atomic E-state index is 12.5. The number of nitrogens with zero attached hydrogens (tertiary/aromatic N) is 3. The molecular formula is C16H17N3O2. The number of carbonyl (C=O) groups is 1. The molecule has 5 heteroatoms. The molecular weight excluding hydrogens is 266 g/mol. The first-order chi connectivity index (χ1) is 10.3. The van der Waals surface area contributed by atoms with E-state index in [0.29, 0.717) is 31.7 Å². The summed E-state index contributed by atoms with van der Waals surface area (Å²) in [6.07, 6.45) is 2.03. The molecule has 5 nitrogen and oxygen atoms in total. The van der Waals surface area contributed by atoms with Gasteiger partial charge in [0.1, 0.15) is 0 Å². The van der Waals surface area contributed by atoms with Crippen molar-refractivity contribution in [1.82, 2.24) is 9.88 Å². The number of methoxy groups -OCH3 is 1. The van der Waals surface area contributed by atoms with Crippen molar-refractivity contribution in [2.24, 2.45) is 0 Å². The van der Waals surface area contributed by atoms with Gasteiger partial charge in [-0.3, -0.25) is 9.78 Å². The van der Waals surface area contributed by atoms with Crippen LogP contribution in [0.25, 0.3) is 10.9 Å². The molecule has 0 spiro atoms. The van der Waals surface area contributed by atoms with Gasteiger partial charge in [0.2, 0.25) is 0 Å². The molecule has 1 heterocycles. The molecule has 0 radical (unpaired) electrons. The molecule has 2 rings (SSSR count). The third-order valence-corrected chi connectivity index (χ3v) is 3.20. The van der Waals surface area contributed by atoms with Gasteiger partial charge in [0.25, 0.3) is 5.91 Å². The van der Waals surface area contributed by atoms with Crippen LogP contribution in [0.3, 0.4) is 0 Å². The average Bonchev–Trinajstić information content (AvgIpc) is 2.54. The van der Waals surface area contributed by atoms with Crippen molar-refractivity contribution in [2.75, 3.05) is 26.8 Å². The number of nitriles is 1. The summed E-state index contributed by atoms with van der Waals surface area (Å²) in [7, 11) is 1.59. The summed E-state index contributed by atoms with van der Waals surface area (Å²) < 4.78 is 5.02. The van der Waals surface area contributed by atoms with Crippen molar-refractivity contribution in [3.05, 3.63) is 42.1 Å². The Balaban J connectivity index is 2.22. The van der Waals surface area contributed by atoms with E-state index in [-0.39, 0.29) is 5.91 Å². The van der Waals surface area contributed by atoms with E-state index in [1.54, 1.807) is 24.3 Å². The fourth-order valence-corrected chi connectivity index (χ4v) is 2.09. The highest BCUT2D eigenvalue weighted by Crippen LogP contribution is 2.15. The van der Waals surface area contributed by atoms with E-state index in [2.05, 4.69) is 11.1 Å². The van der Waals surface area contributed by atoms with Gasteiger partial charge in [-0.25, -0.2) is 0 Å². The molecule has 0 saturated carbocycles. The van der Waals surface area contributed by atoms with Gasteiger partial charge in [-0.05, 0) is 24.3 Å². The van der Waals surface area contributed by atoms with E-state index < -0.39 is 0 Å². The lowest BCUT2D eigenvalue weighted by atomic mass is 10.1. The first-order valence-electron chi connectivity index (χ1n) is 6.76. The summed E-state index contributed by atoms with van der Waals surface area (Å²) in [4.78, 5) is 18.4. The van der Waals surface area contributed by atoms with Crippen molar-refractivity contribution in [3.63, 3.8) is 0 Å². The van der Waals surface area contributed by atoms with Crippen LogP contribution >= 0.6 is 0 Å². The molecule has 0 atom stereocenters. The molecule has 1 aromatic heterocycles. The van der Waals surface area contributed by atoms with E-state index >= 15 is 0 Å². The highest BCUT2D eigenvalue weighted by molar-refractivity contribution is 5.97. The summed E-state index contributed by atoms with van der Waals surface area (Å²) in [6, 6.07) is 11.3. The van der Waals surface area contributed by atoms with Crippen LogP contribution < -0.4 is 0 Å². The summed E-state index contributed by atoms with van der Waals surface area (Å²) in [5, 5.41) is 9.63. The van der Waals surface area contributed by atoms with Gasteiger partial charge in [-0.1, -0.05) is 6.07 Å². The minimum atomic E-state index is -0.0898. The normalized spacial score (nSPS) is 10.3.